The van der Waals surface area contributed by atoms with Crippen molar-refractivity contribution < 1.29 is 45.4 Å². The Morgan fingerprint density at radius 2 is 1.77 bits per heavy atom. The molecule has 1 amide bonds. The number of alkyl halides is 3. The summed E-state index contributed by atoms with van der Waals surface area (Å²) in [6.07, 6.45) is -3.66. The van der Waals surface area contributed by atoms with Gasteiger partial charge in [-0.05, 0) is 76.2 Å². The molecule has 5 rings (SSSR count). The summed E-state index contributed by atoms with van der Waals surface area (Å²) in [5.74, 6) is -1.34. The highest BCUT2D eigenvalue weighted by Crippen LogP contribution is 2.52. The molecule has 0 aliphatic carbocycles. The number of carbonyl (C=O) groups excluding carboxylic acids is 1. The number of hydrogen-bond donors (Lipinski definition) is 3. The molecular weight excluding hydrogens is 644 g/mol. The maximum atomic E-state index is 15.0. The number of nitrogens with one attached hydrogen (secondary N) is 2. The van der Waals surface area contributed by atoms with Crippen LogP contribution in [0.15, 0.2) is 60.8 Å². The SMILES string of the molecule is COc1cc(C(=O)NC[C@](C)(O)c2cc3c(c(-c4ccc(F)cc4)n2)OC[C@@]3(NS(=O)(=O)C(C)(C)C)C(F)(F)F)cc2cccnc12. The lowest BCUT2D eigenvalue weighted by Gasteiger charge is -2.34. The van der Waals surface area contributed by atoms with Crippen molar-refractivity contribution in [2.45, 2.75) is 49.8 Å². The van der Waals surface area contributed by atoms with E-state index in [2.05, 4.69) is 15.3 Å². The second-order valence-electron chi connectivity index (χ2n) is 12.4. The third-order valence-electron chi connectivity index (χ3n) is 7.88. The Bertz CT molecular complexity index is 1960. The Balaban J connectivity index is 1.60. The highest BCUT2D eigenvalue weighted by molar-refractivity contribution is 7.90. The molecular formula is C32H32F4N4O6S. The van der Waals surface area contributed by atoms with Crippen LogP contribution < -0.4 is 19.5 Å². The van der Waals surface area contributed by atoms with Gasteiger partial charge in [-0.1, -0.05) is 6.07 Å². The summed E-state index contributed by atoms with van der Waals surface area (Å²) in [4.78, 5) is 21.9. The second-order valence-corrected chi connectivity index (χ2v) is 14.8. The third-order valence-corrected chi connectivity index (χ3v) is 10.1. The van der Waals surface area contributed by atoms with Crippen LogP contribution in [-0.2, 0) is 21.2 Å². The van der Waals surface area contributed by atoms with E-state index in [0.29, 0.717) is 16.7 Å². The van der Waals surface area contributed by atoms with Gasteiger partial charge in [0.2, 0.25) is 10.0 Å². The molecule has 2 atom stereocenters. The lowest BCUT2D eigenvalue weighted by Crippen LogP contribution is -2.60. The van der Waals surface area contributed by atoms with Gasteiger partial charge in [-0.15, -0.1) is 0 Å². The summed E-state index contributed by atoms with van der Waals surface area (Å²) in [6.45, 7) is 3.26. The molecule has 3 N–H and O–H groups in total. The van der Waals surface area contributed by atoms with Crippen molar-refractivity contribution in [1.82, 2.24) is 20.0 Å². The van der Waals surface area contributed by atoms with E-state index in [1.54, 1.807) is 24.4 Å². The number of hydrogen-bond acceptors (Lipinski definition) is 8. The molecule has 0 saturated heterocycles. The highest BCUT2D eigenvalue weighted by Gasteiger charge is 2.64. The van der Waals surface area contributed by atoms with Crippen LogP contribution in [0.25, 0.3) is 22.2 Å². The van der Waals surface area contributed by atoms with Crippen molar-refractivity contribution in [3.8, 4) is 22.8 Å². The van der Waals surface area contributed by atoms with Gasteiger partial charge in [-0.25, -0.2) is 17.8 Å². The molecule has 1 aliphatic rings. The van der Waals surface area contributed by atoms with E-state index in [1.165, 1.54) is 53.0 Å². The van der Waals surface area contributed by atoms with E-state index in [1.807, 2.05) is 4.72 Å². The Hall–Kier alpha value is -4.34. The van der Waals surface area contributed by atoms with Crippen LogP contribution in [0.1, 0.15) is 49.3 Å². The summed E-state index contributed by atoms with van der Waals surface area (Å²) in [7, 11) is -3.21. The standard InChI is InChI=1S/C32H32F4N4O6S/c1-29(2,3)47(43,44)40-31(32(34,35)36)17-46-27-22(31)15-24(39-26(27)18-8-10-21(33)11-9-18)30(4,42)16-38-28(41)20-13-19-7-6-12-37-25(19)23(14-20)45-5/h6-15,40,42H,16-17H2,1-5H3,(H,38,41)/t30-,31-/m0/s1. The number of aliphatic hydroxyl groups is 1. The molecule has 0 spiro atoms. The first-order valence-corrected chi connectivity index (χ1v) is 15.8. The van der Waals surface area contributed by atoms with Gasteiger partial charge in [0.25, 0.3) is 5.91 Å². The van der Waals surface area contributed by atoms with E-state index in [0.717, 1.165) is 18.2 Å². The first kappa shape index (κ1) is 34.0. The Morgan fingerprint density at radius 3 is 2.38 bits per heavy atom. The number of aromatic nitrogens is 2. The number of benzene rings is 2. The Morgan fingerprint density at radius 1 is 1.09 bits per heavy atom. The second kappa shape index (κ2) is 11.7. The van der Waals surface area contributed by atoms with E-state index >= 15 is 13.2 Å². The maximum absolute atomic E-state index is 15.0. The number of ether oxygens (including phenoxy) is 2. The number of carbonyl (C=O) groups is 1. The van der Waals surface area contributed by atoms with E-state index in [9.17, 15) is 22.7 Å². The van der Waals surface area contributed by atoms with Crippen LogP contribution in [0, 0.1) is 5.82 Å². The van der Waals surface area contributed by atoms with E-state index in [-0.39, 0.29) is 22.5 Å². The molecule has 250 valence electrons. The Kier molecular flexibility index (Phi) is 8.48. The lowest BCUT2D eigenvalue weighted by molar-refractivity contribution is -0.196. The van der Waals surface area contributed by atoms with Crippen molar-refractivity contribution in [3.05, 3.63) is 83.4 Å². The van der Waals surface area contributed by atoms with Crippen LogP contribution in [0.2, 0.25) is 0 Å². The van der Waals surface area contributed by atoms with Crippen LogP contribution in [0.4, 0.5) is 17.6 Å². The molecule has 2 aromatic carbocycles. The van der Waals surface area contributed by atoms with Gasteiger partial charge < -0.3 is 19.9 Å². The summed E-state index contributed by atoms with van der Waals surface area (Å²) in [5.41, 5.74) is -5.75. The predicted molar refractivity (Wildman–Crippen MR) is 165 cm³/mol. The smallest absolute Gasteiger partial charge is 0.415 e. The quantitative estimate of drug-likeness (QED) is 0.223. The van der Waals surface area contributed by atoms with Gasteiger partial charge >= 0.3 is 6.18 Å². The third kappa shape index (κ3) is 6.22. The maximum Gasteiger partial charge on any atom is 0.415 e. The molecule has 47 heavy (non-hydrogen) atoms. The average Bonchev–Trinajstić information content (AvgIpc) is 3.38. The van der Waals surface area contributed by atoms with Crippen LogP contribution >= 0.6 is 0 Å². The molecule has 0 unspecified atom stereocenters. The summed E-state index contributed by atoms with van der Waals surface area (Å²) < 4.78 is 96.3. The van der Waals surface area contributed by atoms with Crippen LogP contribution in [-0.4, -0.2) is 60.6 Å². The zero-order valence-electron chi connectivity index (χ0n) is 26.0. The molecule has 0 fully saturated rings. The fraction of sp³-hybridized carbons (Fsp3) is 0.344. The zero-order valence-corrected chi connectivity index (χ0v) is 26.8. The number of halogens is 4. The summed E-state index contributed by atoms with van der Waals surface area (Å²) in [5, 5.41) is 14.8. The number of pyridine rings is 2. The van der Waals surface area contributed by atoms with Gasteiger partial charge in [0.1, 0.15) is 35.0 Å². The summed E-state index contributed by atoms with van der Waals surface area (Å²) in [6, 6.07) is 12.0. The number of rotatable bonds is 8. The lowest BCUT2D eigenvalue weighted by atomic mass is 9.88. The minimum absolute atomic E-state index is 0.137. The average molecular weight is 677 g/mol. The molecule has 1 aliphatic heterocycles. The van der Waals surface area contributed by atoms with E-state index < -0.39 is 68.3 Å². The molecule has 3 heterocycles. The molecule has 4 aromatic rings. The summed E-state index contributed by atoms with van der Waals surface area (Å²) >= 11 is 0. The van der Waals surface area contributed by atoms with E-state index in [4.69, 9.17) is 9.47 Å². The molecule has 2 aromatic heterocycles. The van der Waals surface area contributed by atoms with Crippen LogP contribution in [0.3, 0.4) is 0 Å². The van der Waals surface area contributed by atoms with Gasteiger partial charge in [0.05, 0.1) is 24.1 Å². The number of amides is 1. The number of sulfonamides is 1. The minimum Gasteiger partial charge on any atom is -0.494 e. The van der Waals surface area contributed by atoms with Crippen molar-refractivity contribution >= 4 is 26.8 Å². The normalized spacial score (nSPS) is 17.9. The number of nitrogens with zero attached hydrogens (tertiary/aromatic N) is 2. The van der Waals surface area contributed by atoms with Crippen molar-refractivity contribution in [2.24, 2.45) is 0 Å². The van der Waals surface area contributed by atoms with Gasteiger partial charge in [0, 0.05) is 28.3 Å². The molecule has 0 radical (unpaired) electrons. The topological polar surface area (TPSA) is 140 Å². The molecule has 10 nitrogen and oxygen atoms in total. The fourth-order valence-corrected chi connectivity index (χ4v) is 6.03. The van der Waals surface area contributed by atoms with Crippen LogP contribution in [0.5, 0.6) is 11.5 Å². The van der Waals surface area contributed by atoms with Gasteiger partial charge in [0.15, 0.2) is 11.3 Å². The fourth-order valence-electron chi connectivity index (χ4n) is 4.98. The molecule has 15 heteroatoms. The van der Waals surface area contributed by atoms with Crippen molar-refractivity contribution in [1.29, 1.82) is 0 Å². The first-order chi connectivity index (χ1) is 21.8. The Labute approximate surface area is 268 Å². The monoisotopic (exact) mass is 676 g/mol. The largest absolute Gasteiger partial charge is 0.494 e. The number of methoxy groups -OCH3 is 1. The predicted octanol–water partition coefficient (Wildman–Crippen LogP) is 4.95. The highest BCUT2D eigenvalue weighted by atomic mass is 32.2. The molecule has 0 saturated carbocycles. The minimum atomic E-state index is -5.22. The van der Waals surface area contributed by atoms with Gasteiger partial charge in [-0.2, -0.15) is 17.9 Å². The van der Waals surface area contributed by atoms with Gasteiger partial charge in [-0.3, -0.25) is 9.78 Å². The number of fused-ring (bicyclic) bond motifs is 2. The van der Waals surface area contributed by atoms with Crippen molar-refractivity contribution in [3.63, 3.8) is 0 Å². The van der Waals surface area contributed by atoms with Crippen molar-refractivity contribution in [2.75, 3.05) is 20.3 Å². The first-order valence-electron chi connectivity index (χ1n) is 14.3. The molecule has 0 bridgehead atoms. The zero-order chi connectivity index (χ0) is 34.6.